The second-order valence-electron chi connectivity index (χ2n) is 11.0. The summed E-state index contributed by atoms with van der Waals surface area (Å²) in [6.07, 6.45) is -37.4. The lowest BCUT2D eigenvalue weighted by Crippen LogP contribution is -2.74. The Kier molecular flexibility index (Phi) is 14.2. The minimum atomic E-state index is -9.46. The van der Waals surface area contributed by atoms with Crippen LogP contribution in [0.1, 0.15) is 6.42 Å². The zero-order valence-electron chi connectivity index (χ0n) is 26.4. The summed E-state index contributed by atoms with van der Waals surface area (Å²) in [5.41, 5.74) is 0. The van der Waals surface area contributed by atoms with E-state index in [4.69, 9.17) is 4.55 Å². The van der Waals surface area contributed by atoms with Gasteiger partial charge >= 0.3 is 108 Å². The maximum Gasteiger partial charge on any atom is 0.473 e. The Morgan fingerprint density at radius 3 is 0.758 bits per heavy atom. The Bertz CT molecular complexity index is 1790. The van der Waals surface area contributed by atoms with Gasteiger partial charge in [0.25, 0.3) is 10.1 Å². The Balaban J connectivity index is 7.06. The van der Waals surface area contributed by atoms with E-state index in [9.17, 15) is 167 Å². The van der Waals surface area contributed by atoms with Gasteiger partial charge in [0.2, 0.25) is 0 Å². The molecular formula is C20H4F34O7S. The molecular weight excluding hydrogens is 1030 g/mol. The topological polar surface area (TPSA) is 107 Å². The smallest absolute Gasteiger partial charge is 0.396 e. The molecule has 0 saturated heterocycles. The Morgan fingerprint density at radius 1 is 0.355 bits per heavy atom. The van der Waals surface area contributed by atoms with Crippen LogP contribution in [0.25, 0.3) is 0 Å². The van der Waals surface area contributed by atoms with Crippen LogP contribution in [0.3, 0.4) is 0 Å². The molecule has 62 heavy (non-hydrogen) atoms. The highest BCUT2D eigenvalue weighted by molar-refractivity contribution is 7.87. The molecule has 0 amide bonds. The van der Waals surface area contributed by atoms with Crippen molar-refractivity contribution < 1.29 is 181 Å². The van der Waals surface area contributed by atoms with E-state index in [1.54, 1.807) is 9.47 Å². The molecule has 0 heterocycles. The first-order valence-corrected chi connectivity index (χ1v) is 14.5. The maximum atomic E-state index is 13.9. The van der Waals surface area contributed by atoms with Crippen LogP contribution in [-0.4, -0.2) is 126 Å². The molecule has 0 aliphatic rings. The molecule has 0 spiro atoms. The van der Waals surface area contributed by atoms with E-state index >= 15 is 0 Å². The molecule has 0 aliphatic carbocycles. The Labute approximate surface area is 311 Å². The van der Waals surface area contributed by atoms with E-state index in [1.165, 1.54) is 0 Å². The number of ether oxygens (including phenoxy) is 2. The average Bonchev–Trinajstić information content (AvgIpc) is 3.00. The van der Waals surface area contributed by atoms with Gasteiger partial charge in [-0.1, -0.05) is 0 Å². The molecule has 7 nitrogen and oxygen atoms in total. The third-order valence-electron chi connectivity index (χ3n) is 6.83. The summed E-state index contributed by atoms with van der Waals surface area (Å²) in [6.45, 7) is 0. The van der Waals surface area contributed by atoms with E-state index in [2.05, 4.69) is 0 Å². The summed E-state index contributed by atoms with van der Waals surface area (Å²) < 4.78 is 486. The Hall–Kier alpha value is -3.53. The van der Waals surface area contributed by atoms with Crippen molar-refractivity contribution in [3.63, 3.8) is 0 Å². The van der Waals surface area contributed by atoms with Gasteiger partial charge in [0.15, 0.2) is 5.25 Å². The van der Waals surface area contributed by atoms with Gasteiger partial charge in [-0.2, -0.15) is 158 Å². The Morgan fingerprint density at radius 2 is 0.548 bits per heavy atom. The highest BCUT2D eigenvalue weighted by atomic mass is 32.2. The molecule has 0 aliphatic heterocycles. The fourth-order valence-corrected chi connectivity index (χ4v) is 3.90. The van der Waals surface area contributed by atoms with Gasteiger partial charge in [-0.05, 0) is 0 Å². The summed E-state index contributed by atoms with van der Waals surface area (Å²) in [5, 5.41) is -5.24. The predicted molar refractivity (Wildman–Crippen MR) is 114 cm³/mol. The van der Waals surface area contributed by atoms with Crippen LogP contribution in [0.15, 0.2) is 0 Å². The van der Waals surface area contributed by atoms with Crippen LogP contribution < -0.4 is 0 Å². The number of carbonyl (C=O) groups excluding carboxylic acids is 2. The molecule has 0 aromatic heterocycles. The zero-order chi connectivity index (χ0) is 51.4. The number of alkyl halides is 34. The van der Waals surface area contributed by atoms with Crippen molar-refractivity contribution in [3.05, 3.63) is 0 Å². The first kappa shape index (κ1) is 58.5. The summed E-state index contributed by atoms with van der Waals surface area (Å²) in [6, 6.07) is 0. The number of hydrogen-bond acceptors (Lipinski definition) is 6. The van der Waals surface area contributed by atoms with Gasteiger partial charge in [0, 0.05) is 0 Å². The van der Waals surface area contributed by atoms with E-state index in [1.807, 2.05) is 0 Å². The SMILES string of the molecule is O=C(CC(C(=O)OC(F)(F)C(F)(F)C(F)(F)C(F)(F)C(F)(F)C(F)(F)C(F)(F)C(F)(F)F)S(=O)(=O)O)OC(F)(F)C(F)(F)C(F)(F)C(F)(F)C(F)(F)C(F)(F)C(F)(F)C(F)(F)F. The quantitative estimate of drug-likeness (QED) is 0.0829. The van der Waals surface area contributed by atoms with Crippen LogP contribution in [0.4, 0.5) is 149 Å². The molecule has 0 aromatic rings. The molecule has 0 rings (SSSR count). The lowest BCUT2D eigenvalue weighted by Gasteiger charge is -2.42. The maximum absolute atomic E-state index is 13.9. The van der Waals surface area contributed by atoms with E-state index < -0.39 is 129 Å². The standard InChI is InChI=1S/C20H4F34O7S/c21-5(22,9(29,30)13(37,38)17(45,46)47)7(25,26)11(33,34)15(41,42)19(51,52)60-3(55)1-2(62(57,58)59)4(56)61-20(53,54)16(43,44)12(35,36)8(27,28)6(23,24)10(31,32)14(39,40)18(48,49)50/h2H,1H2,(H,57,58,59). The summed E-state index contributed by atoms with van der Waals surface area (Å²) in [7, 11) is -7.46. The number of halogens is 34. The van der Waals surface area contributed by atoms with Crippen LogP contribution in [-0.2, 0) is 29.2 Å². The fourth-order valence-electron chi connectivity index (χ4n) is 3.27. The minimum absolute atomic E-state index is 1.72. The number of rotatable bonds is 18. The molecule has 1 atom stereocenters. The number of hydrogen-bond donors (Lipinski definition) is 1. The second-order valence-corrected chi connectivity index (χ2v) is 12.6. The lowest BCUT2D eigenvalue weighted by atomic mass is 9.90. The lowest BCUT2D eigenvalue weighted by molar-refractivity contribution is -0.474. The van der Waals surface area contributed by atoms with Crippen molar-refractivity contribution in [2.24, 2.45) is 0 Å². The predicted octanol–water partition coefficient (Wildman–Crippen LogP) is 9.65. The van der Waals surface area contributed by atoms with Crippen molar-refractivity contribution in [2.75, 3.05) is 0 Å². The van der Waals surface area contributed by atoms with Gasteiger partial charge in [-0.3, -0.25) is 14.1 Å². The van der Waals surface area contributed by atoms with Crippen LogP contribution in [0, 0.1) is 0 Å². The van der Waals surface area contributed by atoms with Gasteiger partial charge < -0.3 is 9.47 Å². The third-order valence-corrected chi connectivity index (χ3v) is 7.91. The molecule has 42 heteroatoms. The van der Waals surface area contributed by atoms with Crippen LogP contribution >= 0.6 is 0 Å². The molecule has 1 N–H and O–H groups in total. The second kappa shape index (κ2) is 15.0. The molecule has 0 aromatic carbocycles. The van der Waals surface area contributed by atoms with Crippen molar-refractivity contribution in [1.82, 2.24) is 0 Å². The zero-order valence-corrected chi connectivity index (χ0v) is 27.3. The van der Waals surface area contributed by atoms with Gasteiger partial charge in [-0.25, -0.2) is 0 Å². The highest BCUT2D eigenvalue weighted by Crippen LogP contribution is 2.66. The fraction of sp³-hybridized carbons (Fsp3) is 0.900. The number of esters is 2. The molecule has 0 bridgehead atoms. The van der Waals surface area contributed by atoms with Crippen LogP contribution in [0.2, 0.25) is 0 Å². The monoisotopic (exact) mass is 1030 g/mol. The minimum Gasteiger partial charge on any atom is -0.396 e. The highest BCUT2D eigenvalue weighted by Gasteiger charge is 2.97. The van der Waals surface area contributed by atoms with Gasteiger partial charge in [-0.15, -0.1) is 0 Å². The number of carbonyl (C=O) groups is 2. The molecule has 1 unspecified atom stereocenters. The van der Waals surface area contributed by atoms with Crippen molar-refractivity contribution >= 4 is 22.1 Å². The van der Waals surface area contributed by atoms with Crippen molar-refractivity contribution in [1.29, 1.82) is 0 Å². The van der Waals surface area contributed by atoms with E-state index in [0.29, 0.717) is 0 Å². The normalized spacial score (nSPS) is 16.9. The van der Waals surface area contributed by atoms with E-state index in [-0.39, 0.29) is 0 Å². The summed E-state index contributed by atoms with van der Waals surface area (Å²) in [4.78, 5) is 23.1. The largest absolute Gasteiger partial charge is 0.473 e. The average molecular weight is 1030 g/mol. The molecule has 0 fully saturated rings. The molecule has 0 saturated carbocycles. The molecule has 370 valence electrons. The molecule has 0 radical (unpaired) electrons. The van der Waals surface area contributed by atoms with Gasteiger partial charge in [0.05, 0.1) is 6.42 Å². The third kappa shape index (κ3) is 8.10. The van der Waals surface area contributed by atoms with Crippen LogP contribution in [0.5, 0.6) is 0 Å². The first-order chi connectivity index (χ1) is 26.1. The van der Waals surface area contributed by atoms with E-state index in [0.717, 1.165) is 0 Å². The van der Waals surface area contributed by atoms with Gasteiger partial charge in [0.1, 0.15) is 0 Å². The summed E-state index contributed by atoms with van der Waals surface area (Å²) in [5.74, 6) is -119. The van der Waals surface area contributed by atoms with Crippen molar-refractivity contribution in [3.8, 4) is 0 Å². The first-order valence-electron chi connectivity index (χ1n) is 13.0. The summed E-state index contributed by atoms with van der Waals surface area (Å²) >= 11 is 0. The van der Waals surface area contributed by atoms with Crippen molar-refractivity contribution in [2.45, 2.75) is 107 Å².